The molecule has 0 heterocycles. The van der Waals surface area contributed by atoms with Gasteiger partial charge < -0.3 is 0 Å². The monoisotopic (exact) mass is 222 g/mol. The largest absolute Gasteiger partial charge is 0.106 e. The average molecular weight is 222 g/mol. The molecule has 0 nitrogen and oxygen atoms in total. The predicted octanol–water partition coefficient (Wildman–Crippen LogP) is 5.92. The highest BCUT2D eigenvalue weighted by Gasteiger charge is 2.03. The fourth-order valence-corrected chi connectivity index (χ4v) is 1.63. The molecule has 0 aliphatic rings. The summed E-state index contributed by atoms with van der Waals surface area (Å²) in [4.78, 5) is 0. The first-order valence-corrected chi connectivity index (χ1v) is 6.61. The van der Waals surface area contributed by atoms with E-state index in [4.69, 9.17) is 0 Å². The van der Waals surface area contributed by atoms with E-state index in [1.807, 2.05) is 0 Å². The zero-order valence-electron chi connectivity index (χ0n) is 11.4. The highest BCUT2D eigenvalue weighted by Crippen LogP contribution is 2.18. The summed E-state index contributed by atoms with van der Waals surface area (Å²) in [6, 6.07) is 0. The van der Waals surface area contributed by atoms with E-state index in [1.54, 1.807) is 0 Å². The minimum Gasteiger partial charge on any atom is -0.106 e. The number of allylic oxidation sites excluding steroid dienone is 3. The van der Waals surface area contributed by atoms with Crippen molar-refractivity contribution >= 4 is 0 Å². The maximum Gasteiger partial charge on any atom is -0.0319 e. The fourth-order valence-electron chi connectivity index (χ4n) is 1.63. The minimum atomic E-state index is 0.834. The summed E-state index contributed by atoms with van der Waals surface area (Å²) in [5, 5.41) is 0. The number of rotatable bonds is 9. The molecule has 0 saturated heterocycles. The lowest BCUT2D eigenvalue weighted by molar-refractivity contribution is 0.475. The molecule has 0 radical (unpaired) electrons. The number of unbranched alkanes of at least 4 members (excludes halogenated alkanes) is 2. The third-order valence-electron chi connectivity index (χ3n) is 2.56. The number of hydrogen-bond donors (Lipinski definition) is 0. The second-order valence-corrected chi connectivity index (χ2v) is 4.03. The molecule has 1 unspecified atom stereocenters. The van der Waals surface area contributed by atoms with Gasteiger partial charge >= 0.3 is 0 Å². The van der Waals surface area contributed by atoms with Crippen LogP contribution in [0.3, 0.4) is 0 Å². The molecular formula is C16H30. The summed E-state index contributed by atoms with van der Waals surface area (Å²) >= 11 is 0. The molecule has 0 aromatic heterocycles. The van der Waals surface area contributed by atoms with Crippen LogP contribution in [0.1, 0.15) is 58.8 Å². The standard InChI is InChI=1S/C14H26.C2H4/c1-4-7-9-10-13-14(11-6-3)12-8-5-2;1-2/h6,9-10,14H,3-5,7-8,11-13H2,1-2H3;1-2H2. The molecule has 16 heavy (non-hydrogen) atoms. The zero-order valence-corrected chi connectivity index (χ0v) is 11.4. The first-order valence-electron chi connectivity index (χ1n) is 6.61. The molecule has 0 aliphatic heterocycles. The van der Waals surface area contributed by atoms with E-state index >= 15 is 0 Å². The van der Waals surface area contributed by atoms with E-state index in [0.717, 1.165) is 5.92 Å². The van der Waals surface area contributed by atoms with Crippen LogP contribution in [0.15, 0.2) is 38.0 Å². The van der Waals surface area contributed by atoms with Crippen molar-refractivity contribution in [3.8, 4) is 0 Å². The Balaban J connectivity index is 0. The molecule has 0 N–H and O–H groups in total. The topological polar surface area (TPSA) is 0 Å². The van der Waals surface area contributed by atoms with Crippen LogP contribution < -0.4 is 0 Å². The van der Waals surface area contributed by atoms with Crippen molar-refractivity contribution in [2.75, 3.05) is 0 Å². The summed E-state index contributed by atoms with van der Waals surface area (Å²) in [5.74, 6) is 0.834. The van der Waals surface area contributed by atoms with Crippen molar-refractivity contribution in [1.82, 2.24) is 0 Å². The molecule has 0 saturated carbocycles. The molecule has 0 aromatic rings. The Labute approximate surface area is 103 Å². The molecule has 0 rings (SSSR count). The summed E-state index contributed by atoms with van der Waals surface area (Å²) in [6.07, 6.45) is 15.7. The van der Waals surface area contributed by atoms with Crippen LogP contribution in [0.5, 0.6) is 0 Å². The summed E-state index contributed by atoms with van der Waals surface area (Å²) in [6.45, 7) is 14.3. The van der Waals surface area contributed by atoms with Crippen LogP contribution in [0, 0.1) is 5.92 Å². The molecule has 0 fully saturated rings. The van der Waals surface area contributed by atoms with Gasteiger partial charge in [-0.25, -0.2) is 0 Å². The van der Waals surface area contributed by atoms with E-state index in [0.29, 0.717) is 0 Å². The van der Waals surface area contributed by atoms with E-state index in [-0.39, 0.29) is 0 Å². The minimum absolute atomic E-state index is 0.834. The van der Waals surface area contributed by atoms with E-state index in [9.17, 15) is 0 Å². The molecule has 0 bridgehead atoms. The lowest BCUT2D eigenvalue weighted by Crippen LogP contribution is -1.97. The Hall–Kier alpha value is -0.780. The SMILES string of the molecule is C=C.C=CCC(CC=CCCC)CCCC. The Bertz CT molecular complexity index is 155. The van der Waals surface area contributed by atoms with Crippen LogP contribution >= 0.6 is 0 Å². The Morgan fingerprint density at radius 3 is 2.19 bits per heavy atom. The van der Waals surface area contributed by atoms with E-state index < -0.39 is 0 Å². The highest BCUT2D eigenvalue weighted by atomic mass is 14.1. The van der Waals surface area contributed by atoms with Gasteiger partial charge in [-0.3, -0.25) is 0 Å². The van der Waals surface area contributed by atoms with Crippen molar-refractivity contribution in [2.24, 2.45) is 5.92 Å². The van der Waals surface area contributed by atoms with Gasteiger partial charge in [0.25, 0.3) is 0 Å². The second kappa shape index (κ2) is 16.6. The molecule has 0 aromatic carbocycles. The van der Waals surface area contributed by atoms with Gasteiger partial charge in [0.2, 0.25) is 0 Å². The van der Waals surface area contributed by atoms with Gasteiger partial charge in [-0.1, -0.05) is 51.3 Å². The van der Waals surface area contributed by atoms with Crippen LogP contribution in [0.4, 0.5) is 0 Å². The lowest BCUT2D eigenvalue weighted by atomic mass is 9.95. The van der Waals surface area contributed by atoms with Gasteiger partial charge in [-0.2, -0.15) is 0 Å². The van der Waals surface area contributed by atoms with Crippen molar-refractivity contribution < 1.29 is 0 Å². The molecule has 0 spiro atoms. The lowest BCUT2D eigenvalue weighted by Gasteiger charge is -2.11. The predicted molar refractivity (Wildman–Crippen MR) is 77.7 cm³/mol. The molecular weight excluding hydrogens is 192 g/mol. The molecule has 0 amide bonds. The van der Waals surface area contributed by atoms with Crippen LogP contribution in [-0.2, 0) is 0 Å². The third kappa shape index (κ3) is 13.2. The Morgan fingerprint density at radius 2 is 1.69 bits per heavy atom. The quantitative estimate of drug-likeness (QED) is 0.425. The molecule has 0 aliphatic carbocycles. The molecule has 0 heteroatoms. The fraction of sp³-hybridized carbons (Fsp3) is 0.625. The molecule has 1 atom stereocenters. The maximum atomic E-state index is 3.83. The summed E-state index contributed by atoms with van der Waals surface area (Å²) in [7, 11) is 0. The second-order valence-electron chi connectivity index (χ2n) is 4.03. The van der Waals surface area contributed by atoms with Crippen molar-refractivity contribution in [2.45, 2.75) is 58.8 Å². The van der Waals surface area contributed by atoms with E-state index in [1.165, 1.54) is 44.9 Å². The zero-order chi connectivity index (χ0) is 12.6. The van der Waals surface area contributed by atoms with Crippen LogP contribution in [0.25, 0.3) is 0 Å². The average Bonchev–Trinajstić information content (AvgIpc) is 2.34. The van der Waals surface area contributed by atoms with Crippen molar-refractivity contribution in [3.63, 3.8) is 0 Å². The van der Waals surface area contributed by atoms with Gasteiger partial charge in [0.05, 0.1) is 0 Å². The first-order chi connectivity index (χ1) is 7.85. The first kappa shape index (κ1) is 17.6. The third-order valence-corrected chi connectivity index (χ3v) is 2.56. The van der Waals surface area contributed by atoms with Gasteiger partial charge in [-0.15, -0.1) is 19.7 Å². The van der Waals surface area contributed by atoms with Gasteiger partial charge in [0.1, 0.15) is 0 Å². The Morgan fingerprint density at radius 1 is 1.00 bits per heavy atom. The Kier molecular flexibility index (Phi) is 18.3. The van der Waals surface area contributed by atoms with Gasteiger partial charge in [0, 0.05) is 0 Å². The van der Waals surface area contributed by atoms with Gasteiger partial charge in [0.15, 0.2) is 0 Å². The van der Waals surface area contributed by atoms with Crippen LogP contribution in [0.2, 0.25) is 0 Å². The van der Waals surface area contributed by atoms with Crippen molar-refractivity contribution in [3.05, 3.63) is 38.0 Å². The smallest absolute Gasteiger partial charge is 0.0319 e. The van der Waals surface area contributed by atoms with Gasteiger partial charge in [-0.05, 0) is 31.6 Å². The summed E-state index contributed by atoms with van der Waals surface area (Å²) < 4.78 is 0. The number of hydrogen-bond acceptors (Lipinski definition) is 0. The summed E-state index contributed by atoms with van der Waals surface area (Å²) in [5.41, 5.74) is 0. The van der Waals surface area contributed by atoms with Crippen LogP contribution in [-0.4, -0.2) is 0 Å². The molecule has 94 valence electrons. The normalized spacial score (nSPS) is 11.9. The maximum absolute atomic E-state index is 3.83. The van der Waals surface area contributed by atoms with Crippen molar-refractivity contribution in [1.29, 1.82) is 0 Å². The highest BCUT2D eigenvalue weighted by molar-refractivity contribution is 4.86. The van der Waals surface area contributed by atoms with E-state index in [2.05, 4.69) is 51.8 Å².